The van der Waals surface area contributed by atoms with Gasteiger partial charge in [0.25, 0.3) is 0 Å². The average Bonchev–Trinajstić information content (AvgIpc) is 2.89. The maximum atomic E-state index is 10.3. The van der Waals surface area contributed by atoms with Gasteiger partial charge in [0.1, 0.15) is 17.3 Å². The molecule has 1 aromatic carbocycles. The van der Waals surface area contributed by atoms with E-state index in [-0.39, 0.29) is 0 Å². The molecule has 0 fully saturated rings. The normalized spacial score (nSPS) is 12.0. The van der Waals surface area contributed by atoms with Crippen molar-refractivity contribution in [1.29, 1.82) is 0 Å². The van der Waals surface area contributed by atoms with Crippen LogP contribution in [-0.4, -0.2) is 35.7 Å². The summed E-state index contributed by atoms with van der Waals surface area (Å²) < 4.78 is 12.1. The molecule has 1 heterocycles. The number of nitrogens with one attached hydrogen (secondary N) is 1. The lowest BCUT2D eigenvalue weighted by atomic mass is 10.1. The molecule has 20 heavy (non-hydrogen) atoms. The number of rotatable bonds is 6. The first-order valence-electron chi connectivity index (χ1n) is 6.27. The van der Waals surface area contributed by atoms with Crippen LogP contribution in [0.4, 0.5) is 5.82 Å². The average molecular weight is 277 g/mol. The summed E-state index contributed by atoms with van der Waals surface area (Å²) in [5, 5.41) is 17.6. The minimum absolute atomic E-state index is 0.334. The molecule has 0 saturated carbocycles. The lowest BCUT2D eigenvalue weighted by molar-refractivity contribution is 0.186. The Bertz CT molecular complexity index is 569. The summed E-state index contributed by atoms with van der Waals surface area (Å²) in [5.74, 6) is 2.02. The maximum absolute atomic E-state index is 10.3. The van der Waals surface area contributed by atoms with Gasteiger partial charge in [-0.3, -0.25) is 4.68 Å². The number of benzene rings is 1. The summed E-state index contributed by atoms with van der Waals surface area (Å²) >= 11 is 0. The van der Waals surface area contributed by atoms with E-state index in [0.29, 0.717) is 29.4 Å². The van der Waals surface area contributed by atoms with E-state index in [4.69, 9.17) is 9.47 Å². The standard InChI is InChI=1S/C14H19N3O3/c1-17-7-6-14(16-17)15-9-12(18)11-8-10(19-2)4-5-13(11)20-3/h4-8,12,18H,9H2,1-3H3,(H,15,16). The molecule has 0 aliphatic rings. The number of aliphatic hydroxyl groups is 1. The van der Waals surface area contributed by atoms with E-state index in [1.807, 2.05) is 19.3 Å². The number of aromatic nitrogens is 2. The fourth-order valence-corrected chi connectivity index (χ4v) is 1.92. The van der Waals surface area contributed by atoms with E-state index < -0.39 is 6.10 Å². The number of hydrogen-bond donors (Lipinski definition) is 2. The van der Waals surface area contributed by atoms with E-state index in [1.165, 1.54) is 0 Å². The highest BCUT2D eigenvalue weighted by Gasteiger charge is 2.14. The van der Waals surface area contributed by atoms with Gasteiger partial charge >= 0.3 is 0 Å². The second-order valence-corrected chi connectivity index (χ2v) is 4.38. The Morgan fingerprint density at radius 2 is 2.10 bits per heavy atom. The van der Waals surface area contributed by atoms with Gasteiger partial charge < -0.3 is 19.9 Å². The smallest absolute Gasteiger partial charge is 0.148 e. The van der Waals surface area contributed by atoms with Crippen molar-refractivity contribution in [3.8, 4) is 11.5 Å². The van der Waals surface area contributed by atoms with E-state index >= 15 is 0 Å². The number of hydrogen-bond acceptors (Lipinski definition) is 5. The summed E-state index contributed by atoms with van der Waals surface area (Å²) in [5.41, 5.74) is 0.676. The van der Waals surface area contributed by atoms with Gasteiger partial charge in [-0.25, -0.2) is 0 Å². The summed E-state index contributed by atoms with van der Waals surface area (Å²) in [4.78, 5) is 0. The van der Waals surface area contributed by atoms with Crippen LogP contribution >= 0.6 is 0 Å². The fraction of sp³-hybridized carbons (Fsp3) is 0.357. The first kappa shape index (κ1) is 14.2. The molecule has 0 aliphatic heterocycles. The highest BCUT2D eigenvalue weighted by Crippen LogP contribution is 2.29. The molecule has 2 rings (SSSR count). The van der Waals surface area contributed by atoms with Gasteiger partial charge in [0.2, 0.25) is 0 Å². The van der Waals surface area contributed by atoms with Crippen LogP contribution < -0.4 is 14.8 Å². The van der Waals surface area contributed by atoms with Crippen LogP contribution in [0, 0.1) is 0 Å². The highest BCUT2D eigenvalue weighted by atomic mass is 16.5. The molecular weight excluding hydrogens is 258 g/mol. The third kappa shape index (κ3) is 3.21. The van der Waals surface area contributed by atoms with Gasteiger partial charge in [0.15, 0.2) is 0 Å². The van der Waals surface area contributed by atoms with Crippen molar-refractivity contribution < 1.29 is 14.6 Å². The molecule has 0 radical (unpaired) electrons. The molecular formula is C14H19N3O3. The molecule has 108 valence electrons. The third-order valence-electron chi connectivity index (χ3n) is 2.99. The first-order valence-corrected chi connectivity index (χ1v) is 6.27. The Morgan fingerprint density at radius 3 is 2.70 bits per heavy atom. The van der Waals surface area contributed by atoms with Crippen LogP contribution in [-0.2, 0) is 7.05 Å². The molecule has 2 aromatic rings. The molecule has 2 N–H and O–H groups in total. The number of nitrogens with zero attached hydrogens (tertiary/aromatic N) is 2. The van der Waals surface area contributed by atoms with Crippen LogP contribution in [0.25, 0.3) is 0 Å². The fourth-order valence-electron chi connectivity index (χ4n) is 1.92. The molecule has 0 amide bonds. The molecule has 0 spiro atoms. The van der Waals surface area contributed by atoms with Crippen molar-refractivity contribution in [3.05, 3.63) is 36.0 Å². The minimum atomic E-state index is -0.720. The summed E-state index contributed by atoms with van der Waals surface area (Å²) in [7, 11) is 5.00. The van der Waals surface area contributed by atoms with Crippen LogP contribution in [0.1, 0.15) is 11.7 Å². The lowest BCUT2D eigenvalue weighted by Crippen LogP contribution is -2.13. The van der Waals surface area contributed by atoms with E-state index in [9.17, 15) is 5.11 Å². The van der Waals surface area contributed by atoms with E-state index in [0.717, 1.165) is 0 Å². The summed E-state index contributed by atoms with van der Waals surface area (Å²) in [6.45, 7) is 0.334. The Kier molecular flexibility index (Phi) is 4.47. The number of aliphatic hydroxyl groups excluding tert-OH is 1. The molecule has 0 aliphatic carbocycles. The van der Waals surface area contributed by atoms with Crippen molar-refractivity contribution >= 4 is 5.82 Å². The van der Waals surface area contributed by atoms with Crippen LogP contribution in [0.5, 0.6) is 11.5 Å². The molecule has 6 nitrogen and oxygen atoms in total. The molecule has 6 heteroatoms. The second-order valence-electron chi connectivity index (χ2n) is 4.38. The molecule has 0 saturated heterocycles. The van der Waals surface area contributed by atoms with Gasteiger partial charge in [0.05, 0.1) is 20.3 Å². The zero-order valence-corrected chi connectivity index (χ0v) is 11.8. The number of aryl methyl sites for hydroxylation is 1. The maximum Gasteiger partial charge on any atom is 0.148 e. The predicted octanol–water partition coefficient (Wildman–Crippen LogP) is 1.58. The lowest BCUT2D eigenvalue weighted by Gasteiger charge is -2.16. The summed E-state index contributed by atoms with van der Waals surface area (Å²) in [6, 6.07) is 7.18. The third-order valence-corrected chi connectivity index (χ3v) is 2.99. The molecule has 1 atom stereocenters. The second kappa shape index (κ2) is 6.29. The predicted molar refractivity (Wildman–Crippen MR) is 76.2 cm³/mol. The van der Waals surface area contributed by atoms with Crippen LogP contribution in [0.15, 0.2) is 30.5 Å². The molecule has 1 aromatic heterocycles. The van der Waals surface area contributed by atoms with E-state index in [2.05, 4.69) is 10.4 Å². The van der Waals surface area contributed by atoms with E-state index in [1.54, 1.807) is 37.1 Å². The minimum Gasteiger partial charge on any atom is -0.497 e. The number of ether oxygens (including phenoxy) is 2. The van der Waals surface area contributed by atoms with Crippen LogP contribution in [0.3, 0.4) is 0 Å². The number of methoxy groups -OCH3 is 2. The van der Waals surface area contributed by atoms with Gasteiger partial charge in [-0.1, -0.05) is 0 Å². The molecule has 1 unspecified atom stereocenters. The van der Waals surface area contributed by atoms with Gasteiger partial charge in [-0.2, -0.15) is 5.10 Å². The largest absolute Gasteiger partial charge is 0.497 e. The highest BCUT2D eigenvalue weighted by molar-refractivity contribution is 5.42. The van der Waals surface area contributed by atoms with Crippen molar-refractivity contribution in [2.75, 3.05) is 26.1 Å². The van der Waals surface area contributed by atoms with Gasteiger partial charge in [-0.05, 0) is 18.2 Å². The Hall–Kier alpha value is -2.21. The van der Waals surface area contributed by atoms with Gasteiger partial charge in [0, 0.05) is 31.4 Å². The van der Waals surface area contributed by atoms with Crippen molar-refractivity contribution in [2.45, 2.75) is 6.10 Å². The summed E-state index contributed by atoms with van der Waals surface area (Å²) in [6.07, 6.45) is 1.11. The van der Waals surface area contributed by atoms with Crippen molar-refractivity contribution in [3.63, 3.8) is 0 Å². The monoisotopic (exact) mass is 277 g/mol. The molecule has 0 bridgehead atoms. The topological polar surface area (TPSA) is 68.5 Å². The quantitative estimate of drug-likeness (QED) is 0.839. The first-order chi connectivity index (χ1) is 9.63. The van der Waals surface area contributed by atoms with Crippen molar-refractivity contribution in [2.24, 2.45) is 7.05 Å². The SMILES string of the molecule is COc1ccc(OC)c(C(O)CNc2ccn(C)n2)c1. The van der Waals surface area contributed by atoms with Gasteiger partial charge in [-0.15, -0.1) is 0 Å². The Labute approximate surface area is 117 Å². The van der Waals surface area contributed by atoms with Crippen molar-refractivity contribution in [1.82, 2.24) is 9.78 Å². The number of anilines is 1. The Balaban J connectivity index is 2.09. The zero-order valence-electron chi connectivity index (χ0n) is 11.8. The van der Waals surface area contributed by atoms with Crippen LogP contribution in [0.2, 0.25) is 0 Å². The Morgan fingerprint density at radius 1 is 1.30 bits per heavy atom. The zero-order chi connectivity index (χ0) is 14.5.